The summed E-state index contributed by atoms with van der Waals surface area (Å²) in [5.74, 6) is 2.61. The van der Waals surface area contributed by atoms with Gasteiger partial charge >= 0.3 is 0 Å². The molecule has 0 aromatic heterocycles. The highest BCUT2D eigenvalue weighted by Gasteiger charge is 2.38. The third kappa shape index (κ3) is 3.73. The summed E-state index contributed by atoms with van der Waals surface area (Å²) in [7, 11) is 1.75. The van der Waals surface area contributed by atoms with Crippen LogP contribution in [-0.4, -0.2) is 12.7 Å². The quantitative estimate of drug-likeness (QED) is 0.602. The van der Waals surface area contributed by atoms with Gasteiger partial charge in [0.15, 0.2) is 0 Å². The van der Waals surface area contributed by atoms with Crippen molar-refractivity contribution in [3.63, 3.8) is 0 Å². The molecule has 1 aliphatic heterocycles. The van der Waals surface area contributed by atoms with Gasteiger partial charge in [-0.25, -0.2) is 0 Å². The van der Waals surface area contributed by atoms with Gasteiger partial charge in [0.05, 0.1) is 7.11 Å². The van der Waals surface area contributed by atoms with Gasteiger partial charge in [0, 0.05) is 5.56 Å². The summed E-state index contributed by atoms with van der Waals surface area (Å²) in [5.41, 5.74) is 4.17. The van der Waals surface area contributed by atoms with E-state index in [1.807, 2.05) is 0 Å². The molecule has 2 heteroatoms. The summed E-state index contributed by atoms with van der Waals surface area (Å²) in [6.45, 7) is 13.6. The monoisotopic (exact) mass is 342 g/mol. The van der Waals surface area contributed by atoms with Crippen molar-refractivity contribution in [3.8, 4) is 11.5 Å². The summed E-state index contributed by atoms with van der Waals surface area (Å²) >= 11 is 0. The molecule has 0 unspecified atom stereocenters. The summed E-state index contributed by atoms with van der Waals surface area (Å²) in [6, 6.07) is 4.28. The highest BCUT2D eigenvalue weighted by atomic mass is 16.5. The number of ether oxygens (including phenoxy) is 2. The standard InChI is InChI=1S/C23H34O2/c1-16-14-20(24-6)18-9-12-23(5,25-21(18)15-16)13-10-19-17(2)8-7-11-22(19,3)4/h14-15,19H,2,7-13H2,1,3-6H3/t19-,23-/m1/s1. The van der Waals surface area contributed by atoms with E-state index in [9.17, 15) is 0 Å². The average molecular weight is 343 g/mol. The van der Waals surface area contributed by atoms with Gasteiger partial charge in [-0.1, -0.05) is 26.0 Å². The van der Waals surface area contributed by atoms with Crippen molar-refractivity contribution in [1.82, 2.24) is 0 Å². The number of fused-ring (bicyclic) bond motifs is 1. The molecule has 1 aromatic rings. The van der Waals surface area contributed by atoms with Crippen LogP contribution in [0.5, 0.6) is 11.5 Å². The molecule has 0 bridgehead atoms. The third-order valence-corrected chi connectivity index (χ3v) is 6.51. The Balaban J connectivity index is 1.74. The van der Waals surface area contributed by atoms with E-state index in [-0.39, 0.29) is 5.60 Å². The Morgan fingerprint density at radius 3 is 2.64 bits per heavy atom. The van der Waals surface area contributed by atoms with Crippen molar-refractivity contribution in [2.75, 3.05) is 7.11 Å². The molecule has 0 amide bonds. The van der Waals surface area contributed by atoms with Crippen LogP contribution in [0, 0.1) is 18.3 Å². The van der Waals surface area contributed by atoms with Crippen LogP contribution in [-0.2, 0) is 6.42 Å². The minimum Gasteiger partial charge on any atom is -0.496 e. The van der Waals surface area contributed by atoms with Crippen molar-refractivity contribution in [2.24, 2.45) is 11.3 Å². The number of rotatable bonds is 4. The molecule has 138 valence electrons. The zero-order valence-corrected chi connectivity index (χ0v) is 16.7. The van der Waals surface area contributed by atoms with Crippen LogP contribution in [0.3, 0.4) is 0 Å². The Kier molecular flexibility index (Phi) is 4.92. The molecule has 2 atom stereocenters. The molecule has 1 saturated carbocycles. The third-order valence-electron chi connectivity index (χ3n) is 6.51. The van der Waals surface area contributed by atoms with Crippen molar-refractivity contribution in [3.05, 3.63) is 35.4 Å². The molecular formula is C23H34O2. The van der Waals surface area contributed by atoms with Gasteiger partial charge in [0.1, 0.15) is 17.1 Å². The van der Waals surface area contributed by atoms with Gasteiger partial charge in [0.2, 0.25) is 0 Å². The summed E-state index contributed by atoms with van der Waals surface area (Å²) in [6.07, 6.45) is 8.17. The topological polar surface area (TPSA) is 18.5 Å². The van der Waals surface area contributed by atoms with Gasteiger partial charge in [-0.3, -0.25) is 0 Å². The summed E-state index contributed by atoms with van der Waals surface area (Å²) in [4.78, 5) is 0. The second-order valence-corrected chi connectivity index (χ2v) is 9.09. The Labute approximate surface area is 153 Å². The molecule has 1 aromatic carbocycles. The van der Waals surface area contributed by atoms with Crippen molar-refractivity contribution in [2.45, 2.75) is 78.2 Å². The molecule has 1 aliphatic carbocycles. The van der Waals surface area contributed by atoms with Crippen LogP contribution in [0.1, 0.15) is 70.4 Å². The Morgan fingerprint density at radius 1 is 1.20 bits per heavy atom. The molecule has 2 nitrogen and oxygen atoms in total. The van der Waals surface area contributed by atoms with Crippen LogP contribution in [0.4, 0.5) is 0 Å². The lowest BCUT2D eigenvalue weighted by Gasteiger charge is -2.43. The number of hydrogen-bond acceptors (Lipinski definition) is 2. The van der Waals surface area contributed by atoms with Crippen LogP contribution in [0.2, 0.25) is 0 Å². The molecule has 3 rings (SSSR count). The van der Waals surface area contributed by atoms with E-state index in [1.165, 1.54) is 42.4 Å². The molecule has 0 spiro atoms. The zero-order valence-electron chi connectivity index (χ0n) is 16.7. The highest BCUT2D eigenvalue weighted by molar-refractivity contribution is 5.49. The van der Waals surface area contributed by atoms with Crippen molar-refractivity contribution < 1.29 is 9.47 Å². The van der Waals surface area contributed by atoms with E-state index < -0.39 is 0 Å². The minimum atomic E-state index is -0.0837. The lowest BCUT2D eigenvalue weighted by atomic mass is 9.64. The number of hydrogen-bond donors (Lipinski definition) is 0. The van der Waals surface area contributed by atoms with Crippen molar-refractivity contribution >= 4 is 0 Å². The Morgan fingerprint density at radius 2 is 1.96 bits per heavy atom. The van der Waals surface area contributed by atoms with Gasteiger partial charge in [0.25, 0.3) is 0 Å². The number of methoxy groups -OCH3 is 1. The van der Waals surface area contributed by atoms with Gasteiger partial charge in [-0.05, 0) is 87.8 Å². The first-order valence-corrected chi connectivity index (χ1v) is 9.78. The van der Waals surface area contributed by atoms with E-state index in [2.05, 4.69) is 46.4 Å². The Bertz CT molecular complexity index is 658. The number of benzene rings is 1. The fourth-order valence-corrected chi connectivity index (χ4v) is 4.87. The fraction of sp³-hybridized carbons (Fsp3) is 0.652. The molecule has 0 saturated heterocycles. The first-order chi connectivity index (χ1) is 11.7. The first-order valence-electron chi connectivity index (χ1n) is 9.78. The predicted octanol–water partition coefficient (Wildman–Crippen LogP) is 6.25. The summed E-state index contributed by atoms with van der Waals surface area (Å²) in [5, 5.41) is 0. The van der Waals surface area contributed by atoms with E-state index in [0.29, 0.717) is 11.3 Å². The smallest absolute Gasteiger partial charge is 0.127 e. The van der Waals surface area contributed by atoms with Crippen LogP contribution < -0.4 is 9.47 Å². The normalized spacial score (nSPS) is 28.2. The average Bonchev–Trinajstić information content (AvgIpc) is 2.52. The maximum Gasteiger partial charge on any atom is 0.127 e. The molecule has 2 aliphatic rings. The van der Waals surface area contributed by atoms with Gasteiger partial charge in [-0.15, -0.1) is 0 Å². The first kappa shape index (κ1) is 18.4. The molecule has 0 N–H and O–H groups in total. The second-order valence-electron chi connectivity index (χ2n) is 9.09. The lowest BCUT2D eigenvalue weighted by Crippen LogP contribution is -2.38. The zero-order chi connectivity index (χ0) is 18.2. The molecular weight excluding hydrogens is 308 g/mol. The lowest BCUT2D eigenvalue weighted by molar-refractivity contribution is 0.0406. The SMILES string of the molecule is C=C1CCCC(C)(C)[C@@H]1CC[C@@]1(C)CCc2c(OC)cc(C)cc2O1. The van der Waals surface area contributed by atoms with E-state index in [1.54, 1.807) is 7.11 Å². The van der Waals surface area contributed by atoms with Gasteiger partial charge in [-0.2, -0.15) is 0 Å². The molecule has 0 radical (unpaired) electrons. The van der Waals surface area contributed by atoms with Crippen molar-refractivity contribution in [1.29, 1.82) is 0 Å². The van der Waals surface area contributed by atoms with E-state index >= 15 is 0 Å². The van der Waals surface area contributed by atoms with Gasteiger partial charge < -0.3 is 9.47 Å². The van der Waals surface area contributed by atoms with Crippen LogP contribution in [0.15, 0.2) is 24.3 Å². The minimum absolute atomic E-state index is 0.0837. The maximum atomic E-state index is 6.53. The predicted molar refractivity (Wildman–Crippen MR) is 105 cm³/mol. The largest absolute Gasteiger partial charge is 0.496 e. The van der Waals surface area contributed by atoms with Crippen LogP contribution in [0.25, 0.3) is 0 Å². The maximum absolute atomic E-state index is 6.53. The van der Waals surface area contributed by atoms with E-state index in [0.717, 1.165) is 30.8 Å². The van der Waals surface area contributed by atoms with E-state index in [4.69, 9.17) is 9.47 Å². The molecule has 1 fully saturated rings. The number of allylic oxidation sites excluding steroid dienone is 1. The Hall–Kier alpha value is -1.44. The molecule has 25 heavy (non-hydrogen) atoms. The number of aryl methyl sites for hydroxylation is 1. The van der Waals surface area contributed by atoms with Crippen LogP contribution >= 0.6 is 0 Å². The molecule has 1 heterocycles. The fourth-order valence-electron chi connectivity index (χ4n) is 4.87. The second kappa shape index (κ2) is 6.70. The highest BCUT2D eigenvalue weighted by Crippen LogP contribution is 2.47. The summed E-state index contributed by atoms with van der Waals surface area (Å²) < 4.78 is 12.1.